The smallest absolute Gasteiger partial charge is 0.230 e. The van der Waals surface area contributed by atoms with Gasteiger partial charge in [0.25, 0.3) is 0 Å². The highest BCUT2D eigenvalue weighted by Crippen LogP contribution is 2.18. The molecule has 0 bridgehead atoms. The molecule has 2 aromatic rings. The number of hydrogen-bond acceptors (Lipinski definition) is 3. The summed E-state index contributed by atoms with van der Waals surface area (Å²) in [6.07, 6.45) is 3.70. The zero-order valence-electron chi connectivity index (χ0n) is 9.23. The molecule has 0 aliphatic rings. The third kappa shape index (κ3) is 1.40. The molecule has 2 heterocycles. The number of rotatable bonds is 2. The summed E-state index contributed by atoms with van der Waals surface area (Å²) < 4.78 is 3.81. The van der Waals surface area contributed by atoms with Crippen LogP contribution in [0.2, 0.25) is 0 Å². The molecule has 2 N–H and O–H groups in total. The second-order valence-electron chi connectivity index (χ2n) is 3.51. The Morgan fingerprint density at radius 3 is 2.67 bits per heavy atom. The van der Waals surface area contributed by atoms with Crippen molar-refractivity contribution in [1.29, 1.82) is 0 Å². The number of nitrogens with two attached hydrogens (primary N) is 1. The van der Waals surface area contributed by atoms with E-state index in [0.717, 1.165) is 29.6 Å². The first-order valence-corrected chi connectivity index (χ1v) is 4.98. The minimum absolute atomic E-state index is 0.737. The highest BCUT2D eigenvalue weighted by molar-refractivity contribution is 5.48. The molecule has 15 heavy (non-hydrogen) atoms. The fraction of sp³-hybridized carbons (Fsp3) is 0.400. The molecule has 0 aromatic carbocycles. The average molecular weight is 205 g/mol. The van der Waals surface area contributed by atoms with Crippen LogP contribution in [0.4, 0.5) is 5.69 Å². The Hall–Kier alpha value is -1.78. The highest BCUT2D eigenvalue weighted by atomic mass is 15.4. The molecule has 0 spiro atoms. The summed E-state index contributed by atoms with van der Waals surface area (Å²) in [5.41, 5.74) is 8.40. The van der Waals surface area contributed by atoms with Crippen molar-refractivity contribution < 1.29 is 0 Å². The largest absolute Gasteiger partial charge is 0.396 e. The van der Waals surface area contributed by atoms with Gasteiger partial charge in [-0.15, -0.1) is 0 Å². The topological polar surface area (TPSA) is 61.7 Å². The Bertz CT molecular complexity index is 480. The number of aromatic nitrogens is 4. The van der Waals surface area contributed by atoms with Crippen LogP contribution < -0.4 is 5.73 Å². The number of hydrogen-bond donors (Lipinski definition) is 1. The Kier molecular flexibility index (Phi) is 2.22. The van der Waals surface area contributed by atoms with Crippen LogP contribution in [0.5, 0.6) is 0 Å². The van der Waals surface area contributed by atoms with E-state index in [1.807, 2.05) is 24.6 Å². The number of imidazole rings is 1. The van der Waals surface area contributed by atoms with Crippen molar-refractivity contribution in [2.24, 2.45) is 0 Å². The summed E-state index contributed by atoms with van der Waals surface area (Å²) in [6, 6.07) is 0. The van der Waals surface area contributed by atoms with E-state index in [0.29, 0.717) is 0 Å². The van der Waals surface area contributed by atoms with Crippen molar-refractivity contribution in [3.8, 4) is 5.95 Å². The monoisotopic (exact) mass is 205 g/mol. The van der Waals surface area contributed by atoms with Gasteiger partial charge in [0.05, 0.1) is 17.1 Å². The quantitative estimate of drug-likeness (QED) is 0.803. The first kappa shape index (κ1) is 9.76. The molecular weight excluding hydrogens is 190 g/mol. The maximum absolute atomic E-state index is 5.88. The van der Waals surface area contributed by atoms with Crippen LogP contribution in [-0.4, -0.2) is 19.3 Å². The van der Waals surface area contributed by atoms with Crippen molar-refractivity contribution in [1.82, 2.24) is 19.3 Å². The van der Waals surface area contributed by atoms with Crippen molar-refractivity contribution >= 4 is 5.69 Å². The maximum atomic E-state index is 5.88. The molecule has 0 aliphatic carbocycles. The molecule has 80 valence electrons. The number of aryl methyl sites for hydroxylation is 2. The predicted octanol–water partition coefficient (Wildman–Crippen LogP) is 1.29. The summed E-state index contributed by atoms with van der Waals surface area (Å²) in [5, 5.41) is 4.37. The van der Waals surface area contributed by atoms with Gasteiger partial charge >= 0.3 is 0 Å². The van der Waals surface area contributed by atoms with Gasteiger partial charge < -0.3 is 10.3 Å². The average Bonchev–Trinajstić information content (AvgIpc) is 2.78. The van der Waals surface area contributed by atoms with Gasteiger partial charge in [0.2, 0.25) is 5.95 Å². The van der Waals surface area contributed by atoms with E-state index in [9.17, 15) is 0 Å². The van der Waals surface area contributed by atoms with Crippen molar-refractivity contribution in [3.63, 3.8) is 0 Å². The standard InChI is InChI=1S/C10H15N5/c1-4-14-6-5-12-10(14)15-8(3)9(11)7(2)13-15/h5-6H,4,11H2,1-3H3. The number of anilines is 1. The lowest BCUT2D eigenvalue weighted by molar-refractivity contribution is 0.674. The van der Waals surface area contributed by atoms with Crippen LogP contribution >= 0.6 is 0 Å². The molecule has 2 rings (SSSR count). The van der Waals surface area contributed by atoms with Crippen molar-refractivity contribution in [3.05, 3.63) is 23.8 Å². The summed E-state index contributed by atoms with van der Waals surface area (Å²) in [7, 11) is 0. The SMILES string of the molecule is CCn1ccnc1-n1nc(C)c(N)c1C. The molecule has 0 unspecified atom stereocenters. The second-order valence-corrected chi connectivity index (χ2v) is 3.51. The van der Waals surface area contributed by atoms with Crippen LogP contribution in [0.1, 0.15) is 18.3 Å². The van der Waals surface area contributed by atoms with Gasteiger partial charge in [-0.25, -0.2) is 9.67 Å². The highest BCUT2D eigenvalue weighted by Gasteiger charge is 2.12. The van der Waals surface area contributed by atoms with E-state index in [1.54, 1.807) is 10.9 Å². The minimum atomic E-state index is 0.737. The lowest BCUT2D eigenvalue weighted by atomic mass is 10.3. The molecule has 0 amide bonds. The number of nitrogen functional groups attached to an aromatic ring is 1. The van der Waals surface area contributed by atoms with Gasteiger partial charge in [0, 0.05) is 18.9 Å². The van der Waals surface area contributed by atoms with Gasteiger partial charge in [-0.2, -0.15) is 5.10 Å². The Morgan fingerprint density at radius 2 is 2.13 bits per heavy atom. The zero-order valence-corrected chi connectivity index (χ0v) is 9.23. The molecule has 0 aliphatic heterocycles. The molecule has 5 nitrogen and oxygen atoms in total. The lowest BCUT2D eigenvalue weighted by Gasteiger charge is -2.05. The van der Waals surface area contributed by atoms with E-state index in [-0.39, 0.29) is 0 Å². The summed E-state index contributed by atoms with van der Waals surface area (Å²) >= 11 is 0. The second kappa shape index (κ2) is 3.42. The van der Waals surface area contributed by atoms with Crippen LogP contribution in [0.3, 0.4) is 0 Å². The summed E-state index contributed by atoms with van der Waals surface area (Å²) in [4.78, 5) is 4.28. The third-order valence-electron chi connectivity index (χ3n) is 2.57. The molecule has 0 fully saturated rings. The van der Waals surface area contributed by atoms with Crippen LogP contribution in [-0.2, 0) is 6.54 Å². The van der Waals surface area contributed by atoms with Gasteiger partial charge in [-0.05, 0) is 20.8 Å². The lowest BCUT2D eigenvalue weighted by Crippen LogP contribution is -2.08. The predicted molar refractivity (Wildman–Crippen MR) is 58.9 cm³/mol. The summed E-state index contributed by atoms with van der Waals surface area (Å²) in [6.45, 7) is 6.79. The van der Waals surface area contributed by atoms with E-state index in [4.69, 9.17) is 5.73 Å². The first-order valence-electron chi connectivity index (χ1n) is 4.98. The van der Waals surface area contributed by atoms with Crippen LogP contribution in [0, 0.1) is 13.8 Å². The van der Waals surface area contributed by atoms with Gasteiger partial charge in [-0.3, -0.25) is 0 Å². The molecular formula is C10H15N5. The van der Waals surface area contributed by atoms with Crippen LogP contribution in [0.15, 0.2) is 12.4 Å². The fourth-order valence-corrected chi connectivity index (χ4v) is 1.59. The molecule has 2 aromatic heterocycles. The molecule has 0 saturated heterocycles. The molecule has 0 saturated carbocycles. The van der Waals surface area contributed by atoms with Gasteiger partial charge in [0.1, 0.15) is 0 Å². The van der Waals surface area contributed by atoms with Gasteiger partial charge in [0.15, 0.2) is 0 Å². The van der Waals surface area contributed by atoms with Crippen LogP contribution in [0.25, 0.3) is 5.95 Å². The maximum Gasteiger partial charge on any atom is 0.230 e. The Balaban J connectivity index is 2.59. The first-order chi connectivity index (χ1) is 7.15. The fourth-order valence-electron chi connectivity index (χ4n) is 1.59. The Morgan fingerprint density at radius 1 is 1.40 bits per heavy atom. The third-order valence-corrected chi connectivity index (χ3v) is 2.57. The Labute approximate surface area is 88.5 Å². The molecule has 0 atom stereocenters. The van der Waals surface area contributed by atoms with E-state index < -0.39 is 0 Å². The zero-order chi connectivity index (χ0) is 11.0. The summed E-state index contributed by atoms with van der Waals surface area (Å²) in [5.74, 6) is 0.815. The minimum Gasteiger partial charge on any atom is -0.396 e. The van der Waals surface area contributed by atoms with Crippen molar-refractivity contribution in [2.75, 3.05) is 5.73 Å². The van der Waals surface area contributed by atoms with Gasteiger partial charge in [-0.1, -0.05) is 0 Å². The molecule has 5 heteroatoms. The van der Waals surface area contributed by atoms with Crippen molar-refractivity contribution in [2.45, 2.75) is 27.3 Å². The van der Waals surface area contributed by atoms with E-state index in [1.165, 1.54) is 0 Å². The van der Waals surface area contributed by atoms with E-state index in [2.05, 4.69) is 17.0 Å². The number of nitrogens with zero attached hydrogens (tertiary/aromatic N) is 4. The molecule has 0 radical (unpaired) electrons. The normalized spacial score (nSPS) is 10.9. The van der Waals surface area contributed by atoms with E-state index >= 15 is 0 Å².